The number of nitriles is 1. The first-order valence-corrected chi connectivity index (χ1v) is 5.21. The van der Waals surface area contributed by atoms with Crippen LogP contribution in [0.5, 0.6) is 0 Å². The Hall–Kier alpha value is -1.75. The van der Waals surface area contributed by atoms with Crippen LogP contribution in [0.2, 0.25) is 0 Å². The molecule has 0 aromatic heterocycles. The van der Waals surface area contributed by atoms with Crippen molar-refractivity contribution in [2.24, 2.45) is 0 Å². The minimum Gasteiger partial charge on any atom is -0.381 e. The van der Waals surface area contributed by atoms with E-state index >= 15 is 0 Å². The van der Waals surface area contributed by atoms with Gasteiger partial charge in [-0.1, -0.05) is 24.3 Å². The average Bonchev–Trinajstić information content (AvgIpc) is 2.69. The van der Waals surface area contributed by atoms with Crippen molar-refractivity contribution in [3.05, 3.63) is 41.5 Å². The van der Waals surface area contributed by atoms with Crippen LogP contribution in [0.1, 0.15) is 18.4 Å². The number of anilines is 1. The van der Waals surface area contributed by atoms with Crippen LogP contribution in [0, 0.1) is 18.3 Å². The molecule has 0 bridgehead atoms. The molecule has 1 aromatic rings. The van der Waals surface area contributed by atoms with E-state index < -0.39 is 0 Å². The van der Waals surface area contributed by atoms with Gasteiger partial charge in [0.15, 0.2) is 0 Å². The number of nitrogens with zero attached hydrogens (tertiary/aromatic N) is 1. The van der Waals surface area contributed by atoms with Crippen LogP contribution in [0.3, 0.4) is 0 Å². The highest BCUT2D eigenvalue weighted by molar-refractivity contribution is 5.51. The molecule has 0 amide bonds. The Bertz CT molecular complexity index is 426. The van der Waals surface area contributed by atoms with Crippen molar-refractivity contribution in [3.8, 4) is 6.07 Å². The topological polar surface area (TPSA) is 35.8 Å². The Morgan fingerprint density at radius 1 is 1.40 bits per heavy atom. The maximum atomic E-state index is 8.76. The van der Waals surface area contributed by atoms with Crippen LogP contribution in [0.4, 0.5) is 5.69 Å². The predicted octanol–water partition coefficient (Wildman–Crippen LogP) is 3.02. The second-order valence-corrected chi connectivity index (χ2v) is 3.94. The zero-order valence-corrected chi connectivity index (χ0v) is 8.83. The first-order valence-electron chi connectivity index (χ1n) is 5.21. The lowest BCUT2D eigenvalue weighted by molar-refractivity contribution is 0.778. The molecule has 2 nitrogen and oxygen atoms in total. The predicted molar refractivity (Wildman–Crippen MR) is 61.5 cm³/mol. The molecular weight excluding hydrogens is 184 g/mol. The molecule has 0 saturated carbocycles. The molecule has 1 unspecified atom stereocenters. The number of benzene rings is 1. The second kappa shape index (κ2) is 4.18. The number of hydrogen-bond donors (Lipinski definition) is 1. The maximum Gasteiger partial charge on any atom is 0.0944 e. The minimum atomic E-state index is 0.390. The number of aryl methyl sites for hydroxylation is 1. The number of hydrogen-bond acceptors (Lipinski definition) is 2. The van der Waals surface area contributed by atoms with Crippen LogP contribution < -0.4 is 5.32 Å². The van der Waals surface area contributed by atoms with Gasteiger partial charge in [-0.25, -0.2) is 0 Å². The summed E-state index contributed by atoms with van der Waals surface area (Å²) in [6.45, 7) is 2.09. The molecule has 1 atom stereocenters. The Kier molecular flexibility index (Phi) is 2.73. The Morgan fingerprint density at radius 2 is 2.20 bits per heavy atom. The van der Waals surface area contributed by atoms with E-state index in [1.807, 2.05) is 18.2 Å². The molecule has 2 heteroatoms. The lowest BCUT2D eigenvalue weighted by Crippen LogP contribution is -2.16. The zero-order chi connectivity index (χ0) is 10.7. The van der Waals surface area contributed by atoms with Crippen LogP contribution in [0.25, 0.3) is 0 Å². The highest BCUT2D eigenvalue weighted by Gasteiger charge is 2.16. The summed E-state index contributed by atoms with van der Waals surface area (Å²) in [4.78, 5) is 0. The Balaban J connectivity index is 2.01. The Labute approximate surface area is 90.2 Å². The van der Waals surface area contributed by atoms with E-state index in [0.717, 1.165) is 18.4 Å². The quantitative estimate of drug-likeness (QED) is 0.792. The number of para-hydroxylation sites is 1. The van der Waals surface area contributed by atoms with Gasteiger partial charge in [-0.3, -0.25) is 0 Å². The van der Waals surface area contributed by atoms with E-state index in [2.05, 4.69) is 30.4 Å². The van der Waals surface area contributed by atoms with Gasteiger partial charge in [0.05, 0.1) is 6.07 Å². The normalized spacial score (nSPS) is 19.5. The van der Waals surface area contributed by atoms with E-state index in [4.69, 9.17) is 5.26 Å². The summed E-state index contributed by atoms with van der Waals surface area (Å²) in [5.74, 6) is 0. The van der Waals surface area contributed by atoms with Gasteiger partial charge in [0.25, 0.3) is 0 Å². The molecule has 0 heterocycles. The molecule has 1 aliphatic rings. The number of nitrogens with one attached hydrogen (secondary N) is 1. The average molecular weight is 198 g/mol. The fourth-order valence-corrected chi connectivity index (χ4v) is 1.87. The van der Waals surface area contributed by atoms with Gasteiger partial charge in [0.2, 0.25) is 0 Å². The third-order valence-corrected chi connectivity index (χ3v) is 2.76. The van der Waals surface area contributed by atoms with E-state index in [9.17, 15) is 0 Å². The van der Waals surface area contributed by atoms with E-state index in [0.29, 0.717) is 6.04 Å². The van der Waals surface area contributed by atoms with Crippen LogP contribution in [-0.2, 0) is 0 Å². The molecule has 1 aromatic carbocycles. The van der Waals surface area contributed by atoms with Crippen molar-refractivity contribution in [3.63, 3.8) is 0 Å². The molecule has 76 valence electrons. The van der Waals surface area contributed by atoms with Gasteiger partial charge in [0.1, 0.15) is 0 Å². The monoisotopic (exact) mass is 198 g/mol. The third-order valence-electron chi connectivity index (χ3n) is 2.76. The van der Waals surface area contributed by atoms with Gasteiger partial charge < -0.3 is 5.32 Å². The Morgan fingerprint density at radius 3 is 2.87 bits per heavy atom. The molecule has 1 aliphatic carbocycles. The minimum absolute atomic E-state index is 0.390. The van der Waals surface area contributed by atoms with Crippen LogP contribution in [0.15, 0.2) is 35.9 Å². The summed E-state index contributed by atoms with van der Waals surface area (Å²) in [7, 11) is 0. The first kappa shape index (κ1) is 9.79. The first-order chi connectivity index (χ1) is 7.29. The molecule has 0 spiro atoms. The van der Waals surface area contributed by atoms with E-state index in [1.165, 1.54) is 11.3 Å². The molecule has 0 radical (unpaired) electrons. The highest BCUT2D eigenvalue weighted by atomic mass is 14.9. The lowest BCUT2D eigenvalue weighted by atomic mass is 10.1. The van der Waals surface area contributed by atoms with Crippen molar-refractivity contribution in [1.29, 1.82) is 5.26 Å². The van der Waals surface area contributed by atoms with E-state index in [1.54, 1.807) is 0 Å². The fraction of sp³-hybridized carbons (Fsp3) is 0.308. The molecule has 0 aliphatic heterocycles. The maximum absolute atomic E-state index is 8.76. The van der Waals surface area contributed by atoms with Gasteiger partial charge >= 0.3 is 0 Å². The fourth-order valence-electron chi connectivity index (χ4n) is 1.87. The summed E-state index contributed by atoms with van der Waals surface area (Å²) in [6.07, 6.45) is 3.83. The van der Waals surface area contributed by atoms with Crippen molar-refractivity contribution < 1.29 is 0 Å². The summed E-state index contributed by atoms with van der Waals surface area (Å²) < 4.78 is 0. The molecule has 1 N–H and O–H groups in total. The van der Waals surface area contributed by atoms with Crippen molar-refractivity contribution in [2.45, 2.75) is 25.8 Å². The molecule has 0 fully saturated rings. The smallest absolute Gasteiger partial charge is 0.0944 e. The summed E-state index contributed by atoms with van der Waals surface area (Å²) in [5.41, 5.74) is 3.33. The molecule has 2 rings (SSSR count). The zero-order valence-electron chi connectivity index (χ0n) is 8.83. The van der Waals surface area contributed by atoms with Gasteiger partial charge in [-0.15, -0.1) is 0 Å². The lowest BCUT2D eigenvalue weighted by Gasteiger charge is -2.15. The SMILES string of the molecule is Cc1ccccc1NC1CC=C(C#N)C1. The number of rotatable bonds is 2. The molecule has 0 saturated heterocycles. The molecule has 15 heavy (non-hydrogen) atoms. The highest BCUT2D eigenvalue weighted by Crippen LogP contribution is 2.23. The summed E-state index contributed by atoms with van der Waals surface area (Å²) >= 11 is 0. The second-order valence-electron chi connectivity index (χ2n) is 3.94. The largest absolute Gasteiger partial charge is 0.381 e. The molecular formula is C13H14N2. The third kappa shape index (κ3) is 2.19. The van der Waals surface area contributed by atoms with E-state index in [-0.39, 0.29) is 0 Å². The summed E-state index contributed by atoms with van der Waals surface area (Å²) in [6, 6.07) is 10.8. The van der Waals surface area contributed by atoms with Gasteiger partial charge in [-0.05, 0) is 25.0 Å². The van der Waals surface area contributed by atoms with Crippen LogP contribution >= 0.6 is 0 Å². The van der Waals surface area contributed by atoms with Crippen molar-refractivity contribution >= 4 is 5.69 Å². The van der Waals surface area contributed by atoms with Gasteiger partial charge in [-0.2, -0.15) is 5.26 Å². The van der Waals surface area contributed by atoms with Crippen molar-refractivity contribution in [1.82, 2.24) is 0 Å². The van der Waals surface area contributed by atoms with Gasteiger partial charge in [0, 0.05) is 23.7 Å². The standard InChI is InChI=1S/C13H14N2/c1-10-4-2-3-5-13(10)15-12-7-6-11(8-12)9-14/h2-6,12,15H,7-8H2,1H3. The van der Waals surface area contributed by atoms with Crippen molar-refractivity contribution in [2.75, 3.05) is 5.32 Å². The summed E-state index contributed by atoms with van der Waals surface area (Å²) in [5, 5.41) is 12.2. The van der Waals surface area contributed by atoms with Crippen LogP contribution in [-0.4, -0.2) is 6.04 Å².